The average molecular weight is 461 g/mol. The first-order valence-electron chi connectivity index (χ1n) is 9.60. The van der Waals surface area contributed by atoms with Crippen LogP contribution in [0.4, 0.5) is 13.2 Å². The normalized spacial score (nSPS) is 19.3. The van der Waals surface area contributed by atoms with Crippen molar-refractivity contribution in [1.29, 1.82) is 0 Å². The lowest BCUT2D eigenvalue weighted by Crippen LogP contribution is -2.50. The summed E-state index contributed by atoms with van der Waals surface area (Å²) in [6, 6.07) is 5.45. The molecule has 1 aliphatic rings. The Morgan fingerprint density at radius 2 is 1.66 bits per heavy atom. The molecule has 0 radical (unpaired) electrons. The van der Waals surface area contributed by atoms with Gasteiger partial charge in [-0.3, -0.25) is 14.4 Å². The number of amides is 3. The van der Waals surface area contributed by atoms with E-state index in [0.717, 1.165) is 0 Å². The minimum absolute atomic E-state index is 0.0649. The Hall–Kier alpha value is -3.31. The Labute approximate surface area is 182 Å². The zero-order valence-corrected chi connectivity index (χ0v) is 17.6. The van der Waals surface area contributed by atoms with Crippen LogP contribution in [0.25, 0.3) is 0 Å². The Kier molecular flexibility index (Phi) is 8.63. The van der Waals surface area contributed by atoms with Crippen LogP contribution in [0.1, 0.15) is 38.7 Å². The van der Waals surface area contributed by atoms with E-state index >= 15 is 0 Å². The summed E-state index contributed by atoms with van der Waals surface area (Å²) in [5.74, 6) is -3.97. The van der Waals surface area contributed by atoms with Gasteiger partial charge < -0.3 is 26.6 Å². The summed E-state index contributed by atoms with van der Waals surface area (Å²) in [5, 5.41) is 16.6. The molecule has 32 heavy (non-hydrogen) atoms. The lowest BCUT2D eigenvalue weighted by Gasteiger charge is -2.31. The van der Waals surface area contributed by atoms with E-state index < -0.39 is 35.4 Å². The van der Waals surface area contributed by atoms with Gasteiger partial charge in [-0.25, -0.2) is 4.79 Å². The topological polar surface area (TPSA) is 164 Å². The number of carbonyl (C=O) groups excluding carboxylic acids is 3. The number of nitrogens with two attached hydrogens (primary N) is 2. The molecular formula is C20H26F3N3O6. The predicted octanol–water partition coefficient (Wildman–Crippen LogP) is 1.27. The second kappa shape index (κ2) is 10.3. The van der Waals surface area contributed by atoms with Crippen molar-refractivity contribution in [2.75, 3.05) is 6.54 Å². The fraction of sp³-hybridized carbons (Fsp3) is 0.500. The second-order valence-electron chi connectivity index (χ2n) is 7.87. The number of carbonyl (C=O) groups is 4. The Bertz CT molecular complexity index is 857. The van der Waals surface area contributed by atoms with Crippen molar-refractivity contribution in [3.8, 4) is 5.75 Å². The maximum atomic E-state index is 13.2. The number of aliphatic carboxylic acids is 1. The molecule has 1 aromatic carbocycles. The summed E-state index contributed by atoms with van der Waals surface area (Å²) in [7, 11) is 0. The van der Waals surface area contributed by atoms with Crippen LogP contribution in [0.5, 0.6) is 5.75 Å². The molecule has 9 nitrogen and oxygen atoms in total. The number of phenolic OH excluding ortho intramolecular Hbond substituents is 1. The average Bonchev–Trinajstić information content (AvgIpc) is 2.96. The van der Waals surface area contributed by atoms with Gasteiger partial charge in [-0.15, -0.1) is 0 Å². The van der Waals surface area contributed by atoms with Crippen LogP contribution in [0, 0.1) is 5.92 Å². The van der Waals surface area contributed by atoms with E-state index in [2.05, 4.69) is 0 Å². The molecule has 1 fully saturated rings. The zero-order chi connectivity index (χ0) is 24.9. The van der Waals surface area contributed by atoms with E-state index in [-0.39, 0.29) is 24.0 Å². The smallest absolute Gasteiger partial charge is 0.490 e. The lowest BCUT2D eigenvalue weighted by atomic mass is 9.76. The third kappa shape index (κ3) is 6.59. The summed E-state index contributed by atoms with van der Waals surface area (Å²) >= 11 is 0. The highest BCUT2D eigenvalue weighted by Gasteiger charge is 2.51. The molecule has 12 heteroatoms. The Morgan fingerprint density at radius 3 is 2.03 bits per heavy atom. The third-order valence-corrected chi connectivity index (χ3v) is 4.99. The molecule has 6 N–H and O–H groups in total. The van der Waals surface area contributed by atoms with Crippen molar-refractivity contribution >= 4 is 23.7 Å². The fourth-order valence-electron chi connectivity index (χ4n) is 3.55. The van der Waals surface area contributed by atoms with Gasteiger partial charge in [0.05, 0.1) is 5.41 Å². The van der Waals surface area contributed by atoms with E-state index in [4.69, 9.17) is 21.4 Å². The number of primary amides is 2. The Morgan fingerprint density at radius 1 is 1.16 bits per heavy atom. The van der Waals surface area contributed by atoms with Crippen LogP contribution >= 0.6 is 0 Å². The number of carboxylic acids is 1. The highest BCUT2D eigenvalue weighted by Crippen LogP contribution is 2.40. The van der Waals surface area contributed by atoms with Crippen LogP contribution < -0.4 is 11.5 Å². The molecule has 2 atom stereocenters. The van der Waals surface area contributed by atoms with Crippen LogP contribution in [0.3, 0.4) is 0 Å². The minimum Gasteiger partial charge on any atom is -0.508 e. The number of rotatable bonds is 7. The van der Waals surface area contributed by atoms with Crippen molar-refractivity contribution in [3.05, 3.63) is 29.8 Å². The van der Waals surface area contributed by atoms with E-state index in [1.54, 1.807) is 12.1 Å². The van der Waals surface area contributed by atoms with Crippen molar-refractivity contribution in [1.82, 2.24) is 4.90 Å². The van der Waals surface area contributed by atoms with Gasteiger partial charge in [0.2, 0.25) is 17.7 Å². The van der Waals surface area contributed by atoms with Gasteiger partial charge in [-0.2, -0.15) is 13.2 Å². The number of carboxylic acid groups (broad SMARTS) is 1. The number of aromatic hydroxyl groups is 1. The van der Waals surface area contributed by atoms with Crippen molar-refractivity contribution in [3.63, 3.8) is 0 Å². The van der Waals surface area contributed by atoms with Gasteiger partial charge >= 0.3 is 12.1 Å². The molecule has 1 heterocycles. The van der Waals surface area contributed by atoms with Gasteiger partial charge in [0, 0.05) is 13.0 Å². The third-order valence-electron chi connectivity index (χ3n) is 4.99. The predicted molar refractivity (Wildman–Crippen MR) is 106 cm³/mol. The van der Waals surface area contributed by atoms with Crippen LogP contribution in [0.15, 0.2) is 24.3 Å². The molecule has 178 valence electrons. The van der Waals surface area contributed by atoms with E-state index in [1.165, 1.54) is 17.0 Å². The fourth-order valence-corrected chi connectivity index (χ4v) is 3.55. The number of likely N-dealkylation sites (tertiary alicyclic amines) is 1. The van der Waals surface area contributed by atoms with Crippen molar-refractivity contribution < 1.29 is 42.6 Å². The zero-order valence-electron chi connectivity index (χ0n) is 17.6. The molecule has 0 aliphatic carbocycles. The van der Waals surface area contributed by atoms with E-state index in [9.17, 15) is 32.7 Å². The molecule has 1 aliphatic heterocycles. The summed E-state index contributed by atoms with van der Waals surface area (Å²) < 4.78 is 31.7. The molecule has 2 unspecified atom stereocenters. The van der Waals surface area contributed by atoms with Crippen LogP contribution in [-0.2, 0) is 24.6 Å². The standard InChI is InChI=1S/C18H25N3O4.C2HF3O2/c1-11(2)9-14(16(20)24)21-8-7-18(17(21)25,10-15(19)23)12-3-5-13(22)6-4-12;3-2(4,5)1(6)7/h3-6,11,14,22H,7-10H2,1-2H3,(H2,19,23)(H2,20,24);(H,6,7). The highest BCUT2D eigenvalue weighted by molar-refractivity contribution is 5.97. The molecule has 1 saturated heterocycles. The molecule has 0 bridgehead atoms. The quantitative estimate of drug-likeness (QED) is 0.478. The first kappa shape index (κ1) is 26.7. The van der Waals surface area contributed by atoms with Gasteiger partial charge in [0.1, 0.15) is 11.8 Å². The van der Waals surface area contributed by atoms with Gasteiger partial charge in [-0.1, -0.05) is 26.0 Å². The number of halogens is 3. The lowest BCUT2D eigenvalue weighted by molar-refractivity contribution is -0.192. The second-order valence-corrected chi connectivity index (χ2v) is 7.87. The molecule has 1 aromatic rings. The molecular weight excluding hydrogens is 435 g/mol. The van der Waals surface area contributed by atoms with Gasteiger partial charge in [0.25, 0.3) is 0 Å². The molecule has 2 rings (SSSR count). The maximum absolute atomic E-state index is 13.2. The van der Waals surface area contributed by atoms with Gasteiger partial charge in [0.15, 0.2) is 0 Å². The summed E-state index contributed by atoms with van der Waals surface area (Å²) in [6.07, 6.45) is -4.41. The number of hydrogen-bond acceptors (Lipinski definition) is 5. The van der Waals surface area contributed by atoms with Crippen LogP contribution in [-0.4, -0.2) is 57.6 Å². The monoisotopic (exact) mass is 461 g/mol. The van der Waals surface area contributed by atoms with E-state index in [0.29, 0.717) is 24.9 Å². The Balaban J connectivity index is 0.000000633. The number of benzene rings is 1. The summed E-state index contributed by atoms with van der Waals surface area (Å²) in [5.41, 5.74) is 10.4. The van der Waals surface area contributed by atoms with Crippen molar-refractivity contribution in [2.45, 2.75) is 50.7 Å². The van der Waals surface area contributed by atoms with E-state index in [1.807, 2.05) is 13.8 Å². The number of phenols is 1. The molecule has 0 spiro atoms. The summed E-state index contributed by atoms with van der Waals surface area (Å²) in [4.78, 5) is 47.1. The molecule has 0 aromatic heterocycles. The number of alkyl halides is 3. The SMILES string of the molecule is CC(C)CC(C(N)=O)N1CCC(CC(N)=O)(c2ccc(O)cc2)C1=O.O=C(O)C(F)(F)F. The number of hydrogen-bond donors (Lipinski definition) is 4. The highest BCUT2D eigenvalue weighted by atomic mass is 19.4. The maximum Gasteiger partial charge on any atom is 0.490 e. The minimum atomic E-state index is -5.08. The van der Waals surface area contributed by atoms with Crippen LogP contribution in [0.2, 0.25) is 0 Å². The summed E-state index contributed by atoms with van der Waals surface area (Å²) in [6.45, 7) is 4.23. The largest absolute Gasteiger partial charge is 0.508 e. The first-order chi connectivity index (χ1) is 14.6. The van der Waals surface area contributed by atoms with Crippen molar-refractivity contribution in [2.24, 2.45) is 17.4 Å². The number of nitrogens with zero attached hydrogens (tertiary/aromatic N) is 1. The first-order valence-corrected chi connectivity index (χ1v) is 9.60. The van der Waals surface area contributed by atoms with Gasteiger partial charge in [-0.05, 0) is 36.5 Å². The molecule has 3 amide bonds. The molecule has 0 saturated carbocycles.